The average molecular weight is 289 g/mol. The van der Waals surface area contributed by atoms with E-state index < -0.39 is 0 Å². The van der Waals surface area contributed by atoms with Crippen LogP contribution in [0.5, 0.6) is 5.75 Å². The predicted octanol–water partition coefficient (Wildman–Crippen LogP) is 4.43. The molecule has 0 amide bonds. The quantitative estimate of drug-likeness (QED) is 0.814. The van der Waals surface area contributed by atoms with Gasteiger partial charge in [-0.15, -0.1) is 0 Å². The van der Waals surface area contributed by atoms with Crippen LogP contribution in [0.2, 0.25) is 0 Å². The van der Waals surface area contributed by atoms with Crippen LogP contribution < -0.4 is 10.1 Å². The van der Waals surface area contributed by atoms with Crippen LogP contribution in [0.1, 0.15) is 37.4 Å². The van der Waals surface area contributed by atoms with E-state index in [9.17, 15) is 0 Å². The van der Waals surface area contributed by atoms with E-state index in [-0.39, 0.29) is 6.10 Å². The minimum absolute atomic E-state index is 0.212. The van der Waals surface area contributed by atoms with Gasteiger partial charge in [0, 0.05) is 6.04 Å². The van der Waals surface area contributed by atoms with E-state index in [1.54, 1.807) is 11.3 Å². The summed E-state index contributed by atoms with van der Waals surface area (Å²) in [5, 5.41) is 7.78. The number of hydrogen-bond acceptors (Lipinski definition) is 3. The standard InChI is InChI=1S/C17H23NOS/c1-13(2)19-16-6-4-5-15(11-16)17(18-3)8-7-14-9-10-20-12-14/h4-6,9-13,17-18H,7-8H2,1-3H3. The molecule has 1 aromatic carbocycles. The molecule has 0 radical (unpaired) electrons. The number of hydrogen-bond donors (Lipinski definition) is 1. The summed E-state index contributed by atoms with van der Waals surface area (Å²) in [6.45, 7) is 4.11. The van der Waals surface area contributed by atoms with Crippen molar-refractivity contribution in [2.45, 2.75) is 38.8 Å². The second kappa shape index (κ2) is 7.46. The summed E-state index contributed by atoms with van der Waals surface area (Å²) in [6, 6.07) is 11.0. The van der Waals surface area contributed by atoms with Gasteiger partial charge in [0.1, 0.15) is 5.75 Å². The first-order valence-corrected chi connectivity index (χ1v) is 8.08. The summed E-state index contributed by atoms with van der Waals surface area (Å²) in [5.74, 6) is 0.952. The summed E-state index contributed by atoms with van der Waals surface area (Å²) in [4.78, 5) is 0. The molecule has 2 aromatic rings. The highest BCUT2D eigenvalue weighted by Gasteiger charge is 2.10. The lowest BCUT2D eigenvalue weighted by Crippen LogP contribution is -2.17. The molecule has 1 heterocycles. The molecule has 0 aliphatic carbocycles. The van der Waals surface area contributed by atoms with Crippen LogP contribution in [0.15, 0.2) is 41.1 Å². The first-order chi connectivity index (χ1) is 9.69. The van der Waals surface area contributed by atoms with E-state index in [1.807, 2.05) is 13.1 Å². The number of thiophene rings is 1. The molecule has 1 unspecified atom stereocenters. The maximum Gasteiger partial charge on any atom is 0.120 e. The van der Waals surface area contributed by atoms with Crippen molar-refractivity contribution in [1.82, 2.24) is 5.32 Å². The summed E-state index contributed by atoms with van der Waals surface area (Å²) in [5.41, 5.74) is 2.71. The maximum atomic E-state index is 5.77. The van der Waals surface area contributed by atoms with Crippen molar-refractivity contribution >= 4 is 11.3 Å². The van der Waals surface area contributed by atoms with Gasteiger partial charge in [-0.3, -0.25) is 0 Å². The summed E-state index contributed by atoms with van der Waals surface area (Å²) in [6.07, 6.45) is 2.41. The average Bonchev–Trinajstić information content (AvgIpc) is 2.92. The molecule has 0 saturated heterocycles. The van der Waals surface area contributed by atoms with Gasteiger partial charge in [-0.25, -0.2) is 0 Å². The zero-order valence-corrected chi connectivity index (χ0v) is 13.2. The van der Waals surface area contributed by atoms with Gasteiger partial charge in [0.2, 0.25) is 0 Å². The summed E-state index contributed by atoms with van der Waals surface area (Å²) >= 11 is 1.76. The van der Waals surface area contributed by atoms with Crippen molar-refractivity contribution in [2.75, 3.05) is 7.05 Å². The van der Waals surface area contributed by atoms with Crippen LogP contribution in [0.3, 0.4) is 0 Å². The lowest BCUT2D eigenvalue weighted by atomic mass is 10.00. The van der Waals surface area contributed by atoms with Gasteiger partial charge in [-0.1, -0.05) is 12.1 Å². The normalized spacial score (nSPS) is 12.6. The van der Waals surface area contributed by atoms with Crippen molar-refractivity contribution in [3.8, 4) is 5.75 Å². The summed E-state index contributed by atoms with van der Waals surface area (Å²) in [7, 11) is 2.02. The largest absolute Gasteiger partial charge is 0.491 e. The number of aryl methyl sites for hydroxylation is 1. The lowest BCUT2D eigenvalue weighted by Gasteiger charge is -2.18. The van der Waals surface area contributed by atoms with Gasteiger partial charge < -0.3 is 10.1 Å². The monoisotopic (exact) mass is 289 g/mol. The Bertz CT molecular complexity index is 507. The van der Waals surface area contributed by atoms with Crippen molar-refractivity contribution < 1.29 is 4.74 Å². The fraction of sp³-hybridized carbons (Fsp3) is 0.412. The Kier molecular flexibility index (Phi) is 5.62. The molecule has 0 aliphatic rings. The molecule has 108 valence electrons. The van der Waals surface area contributed by atoms with Gasteiger partial charge in [0.15, 0.2) is 0 Å². The van der Waals surface area contributed by atoms with E-state index >= 15 is 0 Å². The highest BCUT2D eigenvalue weighted by Crippen LogP contribution is 2.24. The molecular weight excluding hydrogens is 266 g/mol. The van der Waals surface area contributed by atoms with Crippen LogP contribution in [-0.4, -0.2) is 13.2 Å². The maximum absolute atomic E-state index is 5.77. The molecule has 0 saturated carbocycles. The van der Waals surface area contributed by atoms with Crippen LogP contribution in [0.25, 0.3) is 0 Å². The fourth-order valence-corrected chi connectivity index (χ4v) is 3.00. The van der Waals surface area contributed by atoms with Gasteiger partial charge in [0.05, 0.1) is 6.10 Å². The SMILES string of the molecule is CNC(CCc1ccsc1)c1cccc(OC(C)C)c1. The Balaban J connectivity index is 2.02. The Hall–Kier alpha value is -1.32. The highest BCUT2D eigenvalue weighted by atomic mass is 32.1. The Labute approximate surface area is 125 Å². The second-order valence-corrected chi connectivity index (χ2v) is 6.03. The first kappa shape index (κ1) is 15.1. The third kappa shape index (κ3) is 4.36. The molecule has 1 aromatic heterocycles. The molecule has 0 spiro atoms. The van der Waals surface area contributed by atoms with E-state index in [0.717, 1.165) is 18.6 Å². The summed E-state index contributed by atoms with van der Waals surface area (Å²) < 4.78 is 5.77. The molecule has 2 nitrogen and oxygen atoms in total. The number of rotatable bonds is 7. The topological polar surface area (TPSA) is 21.3 Å². The van der Waals surface area contributed by atoms with E-state index in [4.69, 9.17) is 4.74 Å². The molecule has 3 heteroatoms. The Morgan fingerprint density at radius 2 is 2.10 bits per heavy atom. The van der Waals surface area contributed by atoms with Crippen LogP contribution in [-0.2, 0) is 6.42 Å². The van der Waals surface area contributed by atoms with E-state index in [0.29, 0.717) is 6.04 Å². The third-order valence-electron chi connectivity index (χ3n) is 3.28. The highest BCUT2D eigenvalue weighted by molar-refractivity contribution is 7.07. The molecule has 20 heavy (non-hydrogen) atoms. The minimum Gasteiger partial charge on any atom is -0.491 e. The molecule has 2 rings (SSSR count). The second-order valence-electron chi connectivity index (χ2n) is 5.25. The van der Waals surface area contributed by atoms with Gasteiger partial charge in [-0.2, -0.15) is 11.3 Å². The molecule has 1 atom stereocenters. The Morgan fingerprint density at radius 3 is 2.75 bits per heavy atom. The Morgan fingerprint density at radius 1 is 1.25 bits per heavy atom. The van der Waals surface area contributed by atoms with E-state index in [1.165, 1.54) is 11.1 Å². The number of ether oxygens (including phenoxy) is 1. The van der Waals surface area contributed by atoms with Crippen molar-refractivity contribution in [2.24, 2.45) is 0 Å². The van der Waals surface area contributed by atoms with Crippen molar-refractivity contribution in [3.05, 3.63) is 52.2 Å². The van der Waals surface area contributed by atoms with Crippen molar-refractivity contribution in [3.63, 3.8) is 0 Å². The van der Waals surface area contributed by atoms with Crippen LogP contribution in [0, 0.1) is 0 Å². The lowest BCUT2D eigenvalue weighted by molar-refractivity contribution is 0.242. The molecule has 0 fully saturated rings. The predicted molar refractivity (Wildman–Crippen MR) is 86.6 cm³/mol. The van der Waals surface area contributed by atoms with Gasteiger partial charge in [-0.05, 0) is 73.8 Å². The van der Waals surface area contributed by atoms with Crippen LogP contribution in [0.4, 0.5) is 0 Å². The zero-order valence-electron chi connectivity index (χ0n) is 12.4. The van der Waals surface area contributed by atoms with E-state index in [2.05, 4.69) is 54.2 Å². The minimum atomic E-state index is 0.212. The van der Waals surface area contributed by atoms with Crippen molar-refractivity contribution in [1.29, 1.82) is 0 Å². The molecule has 1 N–H and O–H groups in total. The molecule has 0 bridgehead atoms. The number of nitrogens with one attached hydrogen (secondary N) is 1. The smallest absolute Gasteiger partial charge is 0.120 e. The van der Waals surface area contributed by atoms with Crippen LogP contribution >= 0.6 is 11.3 Å². The number of benzene rings is 1. The van der Waals surface area contributed by atoms with Gasteiger partial charge >= 0.3 is 0 Å². The van der Waals surface area contributed by atoms with Gasteiger partial charge in [0.25, 0.3) is 0 Å². The molecular formula is C17H23NOS. The third-order valence-corrected chi connectivity index (χ3v) is 4.01. The fourth-order valence-electron chi connectivity index (χ4n) is 2.30. The zero-order chi connectivity index (χ0) is 14.4. The molecule has 0 aliphatic heterocycles. The first-order valence-electron chi connectivity index (χ1n) is 7.14.